The minimum atomic E-state index is -4.42. The van der Waals surface area contributed by atoms with Crippen LogP contribution in [0.2, 0.25) is 0 Å². The van der Waals surface area contributed by atoms with E-state index in [2.05, 4.69) is 0 Å². The van der Waals surface area contributed by atoms with E-state index >= 15 is 0 Å². The molecule has 0 spiro atoms. The summed E-state index contributed by atoms with van der Waals surface area (Å²) in [4.78, 5) is 12.7. The molecule has 0 aliphatic rings. The topological polar surface area (TPSA) is 46.3 Å². The molecule has 0 fully saturated rings. The molecule has 1 amide bonds. The van der Waals surface area contributed by atoms with Crippen LogP contribution in [0.4, 0.5) is 13.2 Å². The van der Waals surface area contributed by atoms with Crippen molar-refractivity contribution in [3.05, 3.63) is 35.4 Å². The molecule has 0 saturated carbocycles. The molecule has 0 heterocycles. The predicted octanol–water partition coefficient (Wildman–Crippen LogP) is 1.96. The van der Waals surface area contributed by atoms with E-state index in [1.54, 1.807) is 25.1 Å². The number of carbonyl (C=O) groups is 1. The van der Waals surface area contributed by atoms with Crippen LogP contribution in [-0.2, 0) is 0 Å². The Balaban J connectivity index is 2.93. The quantitative estimate of drug-likeness (QED) is 0.899. The third-order valence-electron chi connectivity index (χ3n) is 2.43. The van der Waals surface area contributed by atoms with Crippen molar-refractivity contribution in [2.75, 3.05) is 19.6 Å². The molecule has 1 aromatic carbocycles. The molecule has 2 N–H and O–H groups in total. The van der Waals surface area contributed by atoms with Gasteiger partial charge >= 0.3 is 6.18 Å². The average molecular weight is 260 g/mol. The predicted molar refractivity (Wildman–Crippen MR) is 62.2 cm³/mol. The summed E-state index contributed by atoms with van der Waals surface area (Å²) in [6.45, 7) is 0.277. The van der Waals surface area contributed by atoms with E-state index in [0.717, 1.165) is 4.90 Å². The Morgan fingerprint density at radius 1 is 1.33 bits per heavy atom. The number of amides is 1. The van der Waals surface area contributed by atoms with E-state index in [4.69, 9.17) is 5.73 Å². The smallest absolute Gasteiger partial charge is 0.329 e. The van der Waals surface area contributed by atoms with Crippen molar-refractivity contribution >= 4 is 5.91 Å². The number of rotatable bonds is 4. The van der Waals surface area contributed by atoms with Gasteiger partial charge in [-0.15, -0.1) is 0 Å². The van der Waals surface area contributed by atoms with Crippen molar-refractivity contribution in [3.63, 3.8) is 0 Å². The number of nitrogens with two attached hydrogens (primary N) is 1. The summed E-state index contributed by atoms with van der Waals surface area (Å²) in [6.07, 6.45) is -4.42. The second-order valence-corrected chi connectivity index (χ2v) is 3.95. The van der Waals surface area contributed by atoms with Crippen molar-refractivity contribution < 1.29 is 18.0 Å². The maximum Gasteiger partial charge on any atom is 0.406 e. The van der Waals surface area contributed by atoms with E-state index in [9.17, 15) is 18.0 Å². The van der Waals surface area contributed by atoms with E-state index in [-0.39, 0.29) is 18.7 Å². The molecular formula is C12H15F3N2O. The normalized spacial score (nSPS) is 11.4. The fourth-order valence-electron chi connectivity index (χ4n) is 1.61. The van der Waals surface area contributed by atoms with Crippen LogP contribution < -0.4 is 5.73 Å². The zero-order chi connectivity index (χ0) is 13.8. The van der Waals surface area contributed by atoms with Crippen molar-refractivity contribution in [3.8, 4) is 0 Å². The van der Waals surface area contributed by atoms with Crippen LogP contribution in [0.3, 0.4) is 0 Å². The van der Waals surface area contributed by atoms with Gasteiger partial charge in [-0.3, -0.25) is 4.79 Å². The average Bonchev–Trinajstić information content (AvgIpc) is 2.26. The Morgan fingerprint density at radius 3 is 2.44 bits per heavy atom. The summed E-state index contributed by atoms with van der Waals surface area (Å²) < 4.78 is 37.1. The molecule has 1 aromatic rings. The number of carbonyl (C=O) groups excluding carboxylic acids is 1. The lowest BCUT2D eigenvalue weighted by atomic mass is 10.1. The number of halogens is 3. The Bertz CT molecular complexity index is 418. The van der Waals surface area contributed by atoms with Gasteiger partial charge in [0, 0.05) is 18.7 Å². The standard InChI is InChI=1S/C12H15F3N2O/c1-9-4-2-3-5-10(9)11(18)17(7-6-16)8-12(13,14)15/h2-5H,6-8,16H2,1H3. The lowest BCUT2D eigenvalue weighted by Crippen LogP contribution is -2.42. The number of aryl methyl sites for hydroxylation is 1. The van der Waals surface area contributed by atoms with Crippen molar-refractivity contribution in [1.82, 2.24) is 4.90 Å². The molecule has 0 unspecified atom stereocenters. The maximum absolute atomic E-state index is 12.4. The third kappa shape index (κ3) is 4.03. The molecule has 1 rings (SSSR count). The second-order valence-electron chi connectivity index (χ2n) is 3.95. The Hall–Kier alpha value is -1.56. The lowest BCUT2D eigenvalue weighted by molar-refractivity contribution is -0.140. The van der Waals surface area contributed by atoms with Gasteiger partial charge in [0.05, 0.1) is 0 Å². The Kier molecular flexibility index (Phi) is 4.72. The first-order chi connectivity index (χ1) is 8.35. The van der Waals surface area contributed by atoms with Crippen LogP contribution in [0, 0.1) is 6.92 Å². The molecule has 0 saturated heterocycles. The summed E-state index contributed by atoms with van der Waals surface area (Å²) >= 11 is 0. The van der Waals surface area contributed by atoms with Gasteiger partial charge < -0.3 is 10.6 Å². The van der Waals surface area contributed by atoms with Gasteiger partial charge in [-0.05, 0) is 18.6 Å². The monoisotopic (exact) mass is 260 g/mol. The first kappa shape index (κ1) is 14.5. The number of hydrogen-bond donors (Lipinski definition) is 1. The largest absolute Gasteiger partial charge is 0.406 e. The van der Waals surface area contributed by atoms with Crippen LogP contribution in [0.5, 0.6) is 0 Å². The van der Waals surface area contributed by atoms with Crippen molar-refractivity contribution in [2.24, 2.45) is 5.73 Å². The van der Waals surface area contributed by atoms with Gasteiger partial charge in [-0.1, -0.05) is 18.2 Å². The summed E-state index contributed by atoms with van der Waals surface area (Å²) in [5, 5.41) is 0. The summed E-state index contributed by atoms with van der Waals surface area (Å²) in [7, 11) is 0. The highest BCUT2D eigenvalue weighted by molar-refractivity contribution is 5.95. The molecule has 6 heteroatoms. The van der Waals surface area contributed by atoms with Crippen LogP contribution in [0.15, 0.2) is 24.3 Å². The third-order valence-corrected chi connectivity index (χ3v) is 2.43. The molecule has 18 heavy (non-hydrogen) atoms. The zero-order valence-electron chi connectivity index (χ0n) is 10.00. The van der Waals surface area contributed by atoms with Gasteiger partial charge in [0.25, 0.3) is 5.91 Å². The van der Waals surface area contributed by atoms with Gasteiger partial charge in [0.15, 0.2) is 0 Å². The minimum absolute atomic E-state index is 0.00625. The fraction of sp³-hybridized carbons (Fsp3) is 0.417. The summed E-state index contributed by atoms with van der Waals surface area (Å²) in [5.41, 5.74) is 6.16. The van der Waals surface area contributed by atoms with E-state index in [0.29, 0.717) is 5.56 Å². The van der Waals surface area contributed by atoms with E-state index in [1.165, 1.54) is 6.07 Å². The van der Waals surface area contributed by atoms with Crippen molar-refractivity contribution in [1.29, 1.82) is 0 Å². The number of nitrogens with zero attached hydrogens (tertiary/aromatic N) is 1. The van der Waals surface area contributed by atoms with Crippen LogP contribution >= 0.6 is 0 Å². The van der Waals surface area contributed by atoms with Crippen LogP contribution in [0.1, 0.15) is 15.9 Å². The fourth-order valence-corrected chi connectivity index (χ4v) is 1.61. The van der Waals surface area contributed by atoms with Crippen molar-refractivity contribution in [2.45, 2.75) is 13.1 Å². The van der Waals surface area contributed by atoms with Crippen LogP contribution in [0.25, 0.3) is 0 Å². The second kappa shape index (κ2) is 5.86. The summed E-state index contributed by atoms with van der Waals surface area (Å²) in [6, 6.07) is 6.54. The Morgan fingerprint density at radius 2 is 1.94 bits per heavy atom. The number of hydrogen-bond acceptors (Lipinski definition) is 2. The van der Waals surface area contributed by atoms with Gasteiger partial charge in [0.2, 0.25) is 0 Å². The molecule has 0 atom stereocenters. The van der Waals surface area contributed by atoms with Gasteiger partial charge in [-0.2, -0.15) is 13.2 Å². The minimum Gasteiger partial charge on any atom is -0.329 e. The van der Waals surface area contributed by atoms with E-state index < -0.39 is 18.6 Å². The number of alkyl halides is 3. The molecule has 3 nitrogen and oxygen atoms in total. The molecule has 100 valence electrons. The highest BCUT2D eigenvalue weighted by atomic mass is 19.4. The van der Waals surface area contributed by atoms with Gasteiger partial charge in [0.1, 0.15) is 6.54 Å². The highest BCUT2D eigenvalue weighted by Gasteiger charge is 2.33. The molecule has 0 radical (unpaired) electrons. The molecule has 0 aliphatic carbocycles. The first-order valence-corrected chi connectivity index (χ1v) is 5.47. The SMILES string of the molecule is Cc1ccccc1C(=O)N(CCN)CC(F)(F)F. The molecular weight excluding hydrogens is 245 g/mol. The van der Waals surface area contributed by atoms with E-state index in [1.807, 2.05) is 0 Å². The first-order valence-electron chi connectivity index (χ1n) is 5.47. The molecule has 0 aliphatic heterocycles. The molecule has 0 aromatic heterocycles. The Labute approximate surface area is 103 Å². The van der Waals surface area contributed by atoms with Gasteiger partial charge in [-0.25, -0.2) is 0 Å². The lowest BCUT2D eigenvalue weighted by Gasteiger charge is -2.24. The highest BCUT2D eigenvalue weighted by Crippen LogP contribution is 2.19. The summed E-state index contributed by atoms with van der Waals surface area (Å²) in [5.74, 6) is -0.643. The maximum atomic E-state index is 12.4. The molecule has 0 bridgehead atoms. The number of benzene rings is 1. The van der Waals surface area contributed by atoms with Crippen LogP contribution in [-0.4, -0.2) is 36.6 Å². The zero-order valence-corrected chi connectivity index (χ0v) is 10.00.